The summed E-state index contributed by atoms with van der Waals surface area (Å²) < 4.78 is 52.8. The Bertz CT molecular complexity index is 1720. The third kappa shape index (κ3) is 26.1. The van der Waals surface area contributed by atoms with Crippen molar-refractivity contribution in [3.63, 3.8) is 0 Å². The highest BCUT2D eigenvalue weighted by molar-refractivity contribution is 7.49. The highest BCUT2D eigenvalue weighted by Gasteiger charge is 2.53. The van der Waals surface area contributed by atoms with Gasteiger partial charge in [0.05, 0.1) is 0 Å². The van der Waals surface area contributed by atoms with Crippen LogP contribution in [0.1, 0.15) is 155 Å². The lowest BCUT2D eigenvalue weighted by molar-refractivity contribution is -0.255. The Morgan fingerprint density at radius 2 is 1.10 bits per heavy atom. The average Bonchev–Trinajstić information content (AvgIpc) is 3.30. The number of esters is 1. The predicted octanol–water partition coefficient (Wildman–Crippen LogP) is 12.0. The van der Waals surface area contributed by atoms with Crippen LogP contribution in [0.15, 0.2) is 60.7 Å². The van der Waals surface area contributed by atoms with Crippen molar-refractivity contribution >= 4 is 66.6 Å². The summed E-state index contributed by atoms with van der Waals surface area (Å²) in [6.07, 6.45) is 13.4. The van der Waals surface area contributed by atoms with Crippen LogP contribution in [-0.2, 0) is 42.4 Å². The van der Waals surface area contributed by atoms with Gasteiger partial charge < -0.3 is 43.7 Å². The molecule has 0 spiro atoms. The van der Waals surface area contributed by atoms with Gasteiger partial charge in [-0.25, -0.2) is 9.36 Å². The van der Waals surface area contributed by atoms with E-state index in [4.69, 9.17) is 67.3 Å². The van der Waals surface area contributed by atoms with E-state index in [-0.39, 0.29) is 30.2 Å². The second-order valence-electron chi connectivity index (χ2n) is 17.0. The van der Waals surface area contributed by atoms with Gasteiger partial charge in [0.15, 0.2) is 12.4 Å². The number of aliphatic hydroxyl groups excluding tert-OH is 1. The molecule has 2 aromatic rings. The molecule has 15 nitrogen and oxygen atoms in total. The number of hydrogen-bond donors (Lipinski definition) is 3. The first-order valence-electron chi connectivity index (χ1n) is 24.4. The van der Waals surface area contributed by atoms with Crippen LogP contribution in [0.25, 0.3) is 0 Å². The molecule has 19 heteroatoms. The van der Waals surface area contributed by atoms with Crippen LogP contribution < -0.4 is 19.7 Å². The Balaban J connectivity index is 1.84. The molecule has 0 bridgehead atoms. The van der Waals surface area contributed by atoms with E-state index in [1.165, 1.54) is 88.5 Å². The maximum atomic E-state index is 14.9. The van der Waals surface area contributed by atoms with Gasteiger partial charge in [0, 0.05) is 12.8 Å². The zero-order valence-corrected chi connectivity index (χ0v) is 42.9. The third-order valence-electron chi connectivity index (χ3n) is 11.1. The molecule has 0 aliphatic carbocycles. The zero-order valence-electron chi connectivity index (χ0n) is 39.8. The maximum absolute atomic E-state index is 14.9. The number of hydrogen-bond acceptors (Lipinski definition) is 13. The zero-order chi connectivity index (χ0) is 49.5. The number of halogens is 3. The highest BCUT2D eigenvalue weighted by atomic mass is 35.6. The molecule has 0 radical (unpaired) electrons. The number of unbranched alkanes of at least 4 members (excludes halogenated alkanes) is 18. The van der Waals surface area contributed by atoms with Crippen molar-refractivity contribution in [3.8, 4) is 11.5 Å². The summed E-state index contributed by atoms with van der Waals surface area (Å²) in [7, 11) is -4.87. The number of amides is 2. The van der Waals surface area contributed by atoms with Crippen LogP contribution in [-0.4, -0.2) is 83.2 Å². The fourth-order valence-electron chi connectivity index (χ4n) is 7.50. The molecule has 1 fully saturated rings. The van der Waals surface area contributed by atoms with Crippen LogP contribution in [0.5, 0.6) is 11.5 Å². The van der Waals surface area contributed by atoms with E-state index in [1.807, 2.05) is 0 Å². The lowest BCUT2D eigenvalue weighted by Gasteiger charge is -2.44. The van der Waals surface area contributed by atoms with Gasteiger partial charge in [0.1, 0.15) is 49.5 Å². The first-order chi connectivity index (χ1) is 32.7. The van der Waals surface area contributed by atoms with Crippen molar-refractivity contribution in [2.45, 2.75) is 190 Å². The molecule has 1 aliphatic heterocycles. The minimum Gasteiger partial charge on any atom is -0.456 e. The van der Waals surface area contributed by atoms with Crippen molar-refractivity contribution in [2.75, 3.05) is 19.8 Å². The summed E-state index contributed by atoms with van der Waals surface area (Å²) in [6, 6.07) is 14.4. The van der Waals surface area contributed by atoms with Gasteiger partial charge in [0.2, 0.25) is 15.6 Å². The molecular formula is C49H74Cl3N2O13P. The summed E-state index contributed by atoms with van der Waals surface area (Å²) in [5, 5.41) is 16.8. The molecule has 384 valence electrons. The van der Waals surface area contributed by atoms with E-state index < -0.39 is 80.0 Å². The largest absolute Gasteiger partial charge is 0.588 e. The topological polar surface area (TPSA) is 194 Å². The van der Waals surface area contributed by atoms with Crippen molar-refractivity contribution in [2.24, 2.45) is 0 Å². The fourth-order valence-corrected chi connectivity index (χ4v) is 9.10. The number of alkyl halides is 3. The molecule has 68 heavy (non-hydrogen) atoms. The fraction of sp³-hybridized carbons (Fsp3) is 0.673. The molecule has 1 heterocycles. The van der Waals surface area contributed by atoms with E-state index in [0.717, 1.165) is 51.4 Å². The number of ether oxygens (including phenoxy) is 4. The molecular weight excluding hydrogens is 962 g/mol. The number of carbonyl (C=O) groups is 4. The number of rotatable bonds is 35. The molecule has 0 aromatic heterocycles. The number of aliphatic hydroxyl groups is 1. The van der Waals surface area contributed by atoms with Crippen molar-refractivity contribution < 1.29 is 61.4 Å². The van der Waals surface area contributed by atoms with Crippen LogP contribution in [0.3, 0.4) is 0 Å². The van der Waals surface area contributed by atoms with Crippen LogP contribution in [0.2, 0.25) is 0 Å². The molecule has 0 saturated carbocycles. The number of nitrogens with one attached hydrogen (secondary N) is 2. The summed E-state index contributed by atoms with van der Waals surface area (Å²) in [5.74, 6) is -1.75. The number of benzene rings is 2. The molecule has 2 amide bonds. The van der Waals surface area contributed by atoms with Crippen LogP contribution >= 0.6 is 42.6 Å². The normalized spacial score (nSPS) is 18.3. The molecule has 3 rings (SSSR count). The van der Waals surface area contributed by atoms with Gasteiger partial charge in [-0.3, -0.25) is 18.9 Å². The van der Waals surface area contributed by atoms with Crippen molar-refractivity contribution in [1.82, 2.24) is 10.6 Å². The van der Waals surface area contributed by atoms with Gasteiger partial charge >= 0.3 is 19.9 Å². The lowest BCUT2D eigenvalue weighted by atomic mass is 9.96. The Hall–Kier alpha value is -3.30. The minimum absolute atomic E-state index is 0.0617. The lowest BCUT2D eigenvalue weighted by Crippen LogP contribution is -2.66. The third-order valence-corrected chi connectivity index (χ3v) is 12.8. The predicted molar refractivity (Wildman–Crippen MR) is 263 cm³/mol. The second kappa shape index (κ2) is 34.1. The Labute approximate surface area is 418 Å². The van der Waals surface area contributed by atoms with Gasteiger partial charge in [0.25, 0.3) is 0 Å². The number of para-hydroxylation sites is 2. The van der Waals surface area contributed by atoms with Gasteiger partial charge in [-0.2, -0.15) is 0 Å². The SMILES string of the molecule is CCCCCCCCCCCCCC(=O)N[C@@H]1[C@@H](OC(=O)CNC(=O)CCCCCCCCCCC)[C@H](OP(=O)(Oc2ccccc2)Oc2ccccc2)[C@@H](COC(=O)OCC(Cl)(Cl)Cl)O[C@@H]1O. The highest BCUT2D eigenvalue weighted by Crippen LogP contribution is 2.52. The summed E-state index contributed by atoms with van der Waals surface area (Å²) in [4.78, 5) is 52.8. The second-order valence-corrected chi connectivity index (χ2v) is 21.0. The maximum Gasteiger partial charge on any atom is 0.588 e. The minimum atomic E-state index is -4.87. The van der Waals surface area contributed by atoms with E-state index in [9.17, 15) is 28.8 Å². The quantitative estimate of drug-likeness (QED) is 0.0256. The Morgan fingerprint density at radius 1 is 0.647 bits per heavy atom. The first kappa shape index (κ1) is 59.0. The summed E-state index contributed by atoms with van der Waals surface area (Å²) in [6.45, 7) is 2.32. The average molecular weight is 1040 g/mol. The Morgan fingerprint density at radius 3 is 1.57 bits per heavy atom. The molecule has 2 aromatic carbocycles. The van der Waals surface area contributed by atoms with E-state index in [1.54, 1.807) is 36.4 Å². The van der Waals surface area contributed by atoms with Crippen molar-refractivity contribution in [3.05, 3.63) is 60.7 Å². The van der Waals surface area contributed by atoms with Gasteiger partial charge in [-0.15, -0.1) is 0 Å². The molecule has 3 N–H and O–H groups in total. The monoisotopic (exact) mass is 1030 g/mol. The number of carbonyl (C=O) groups excluding carboxylic acids is 4. The standard InChI is InChI=1S/C49H74Cl3N2O13P/c1-3-5-7-9-11-13-14-16-18-20-28-34-42(56)54-44-46(64-43(57)35-53-41(55)33-27-19-17-15-12-10-8-6-4-2)45(40(63-47(44)58)36-61-48(59)62-37-49(50,51)52)67-68(60,65-38-29-23-21-24-30-38)66-39-31-25-22-26-32-39/h21-26,29-32,40,44-47,58H,3-20,27-28,33-37H2,1-2H3,(H,53,55)(H,54,56)/t40-,44-,45-,46-,47+/m1/s1. The number of phosphoric acid groups is 1. The molecule has 0 unspecified atom stereocenters. The van der Waals surface area contributed by atoms with E-state index in [2.05, 4.69) is 24.5 Å². The molecule has 1 aliphatic rings. The number of phosphoric ester groups is 1. The first-order valence-corrected chi connectivity index (χ1v) is 27.0. The summed E-state index contributed by atoms with van der Waals surface area (Å²) >= 11 is 17.2. The molecule has 5 atom stereocenters. The van der Waals surface area contributed by atoms with Crippen LogP contribution in [0.4, 0.5) is 4.79 Å². The smallest absolute Gasteiger partial charge is 0.456 e. The van der Waals surface area contributed by atoms with E-state index >= 15 is 0 Å². The Kier molecular flexibility index (Phi) is 29.6. The van der Waals surface area contributed by atoms with E-state index in [0.29, 0.717) is 12.8 Å². The van der Waals surface area contributed by atoms with Gasteiger partial charge in [-0.1, -0.05) is 201 Å². The van der Waals surface area contributed by atoms with Gasteiger partial charge in [-0.05, 0) is 37.1 Å². The summed E-state index contributed by atoms with van der Waals surface area (Å²) in [5.41, 5.74) is 0. The van der Waals surface area contributed by atoms with Crippen molar-refractivity contribution in [1.29, 1.82) is 0 Å². The molecule has 1 saturated heterocycles. The van der Waals surface area contributed by atoms with Crippen LogP contribution in [0, 0.1) is 0 Å².